The molecule has 2 atom stereocenters. The third-order valence-corrected chi connectivity index (χ3v) is 2.42. The normalized spacial score (nSPS) is 25.4. The molecule has 0 radical (unpaired) electrons. The zero-order valence-electron chi connectivity index (χ0n) is 7.97. The molecule has 4 N–H and O–H groups in total. The highest BCUT2D eigenvalue weighted by Gasteiger charge is 2.23. The van der Waals surface area contributed by atoms with Crippen molar-refractivity contribution in [2.24, 2.45) is 0 Å². The summed E-state index contributed by atoms with van der Waals surface area (Å²) in [6, 6.07) is 6.65. The van der Waals surface area contributed by atoms with Crippen LogP contribution in [0.1, 0.15) is 28.4 Å². The van der Waals surface area contributed by atoms with Crippen LogP contribution in [0.15, 0.2) is 24.3 Å². The van der Waals surface area contributed by atoms with Crippen LogP contribution in [0, 0.1) is 0 Å². The van der Waals surface area contributed by atoms with Gasteiger partial charge in [-0.25, -0.2) is 15.6 Å². The molecule has 1 aliphatic rings. The summed E-state index contributed by atoms with van der Waals surface area (Å²) in [5, 5.41) is 18.1. The number of nitrogens with one attached hydrogen (secondary N) is 2. The van der Waals surface area contributed by atoms with E-state index in [1.54, 1.807) is 18.2 Å². The number of benzene rings is 1. The highest BCUT2D eigenvalue weighted by atomic mass is 16.4. The average Bonchev–Trinajstić information content (AvgIpc) is 2.65. The zero-order valence-corrected chi connectivity index (χ0v) is 7.97. The molecule has 1 aromatic rings. The first-order valence-electron chi connectivity index (χ1n) is 4.69. The van der Waals surface area contributed by atoms with Gasteiger partial charge in [0.15, 0.2) is 0 Å². The molecule has 1 heterocycles. The molecule has 15 heavy (non-hydrogen) atoms. The Morgan fingerprint density at radius 2 is 2.20 bits per heavy atom. The Morgan fingerprint density at radius 1 is 1.40 bits per heavy atom. The molecule has 5 nitrogen and oxygen atoms in total. The van der Waals surface area contributed by atoms with Crippen LogP contribution in [-0.4, -0.2) is 22.4 Å². The van der Waals surface area contributed by atoms with E-state index in [2.05, 4.69) is 10.9 Å². The molecule has 1 aliphatic heterocycles. The van der Waals surface area contributed by atoms with Gasteiger partial charge in [0.2, 0.25) is 0 Å². The second-order valence-electron chi connectivity index (χ2n) is 3.52. The van der Waals surface area contributed by atoms with Gasteiger partial charge in [0.05, 0.1) is 11.6 Å². The molecule has 0 spiro atoms. The lowest BCUT2D eigenvalue weighted by atomic mass is 10.0. The number of rotatable bonds is 2. The molecule has 0 bridgehead atoms. The van der Waals surface area contributed by atoms with Crippen LogP contribution in [0.25, 0.3) is 0 Å². The van der Waals surface area contributed by atoms with E-state index in [1.807, 2.05) is 6.07 Å². The van der Waals surface area contributed by atoms with Crippen molar-refractivity contribution in [1.29, 1.82) is 0 Å². The summed E-state index contributed by atoms with van der Waals surface area (Å²) >= 11 is 0. The monoisotopic (exact) mass is 208 g/mol. The number of carbonyl (C=O) groups is 1. The molecule has 0 aromatic heterocycles. The number of carboxylic acid groups (broad SMARTS) is 1. The molecule has 2 rings (SSSR count). The van der Waals surface area contributed by atoms with Crippen LogP contribution in [0.2, 0.25) is 0 Å². The fourth-order valence-electron chi connectivity index (χ4n) is 1.65. The standard InChI is InChI=1S/C10H12N2O3/c13-9-5-8(11-12-9)6-2-1-3-7(4-6)10(14)15/h1-4,8-9,11-13H,5H2,(H,14,15). The predicted octanol–water partition coefficient (Wildman–Crippen LogP) is 0.242. The van der Waals surface area contributed by atoms with Crippen molar-refractivity contribution in [1.82, 2.24) is 10.9 Å². The summed E-state index contributed by atoms with van der Waals surface area (Å²) in [6.45, 7) is 0. The van der Waals surface area contributed by atoms with Crippen molar-refractivity contribution in [2.75, 3.05) is 0 Å². The Morgan fingerprint density at radius 3 is 2.80 bits per heavy atom. The molecule has 0 saturated carbocycles. The maximum atomic E-state index is 10.7. The minimum atomic E-state index is -0.941. The summed E-state index contributed by atoms with van der Waals surface area (Å²) in [5.74, 6) is -0.941. The summed E-state index contributed by atoms with van der Waals surface area (Å²) in [7, 11) is 0. The molecule has 1 aromatic carbocycles. The lowest BCUT2D eigenvalue weighted by Gasteiger charge is -2.09. The van der Waals surface area contributed by atoms with E-state index in [9.17, 15) is 9.90 Å². The molecular formula is C10H12N2O3. The van der Waals surface area contributed by atoms with Crippen LogP contribution >= 0.6 is 0 Å². The first-order chi connectivity index (χ1) is 7.16. The maximum Gasteiger partial charge on any atom is 0.335 e. The number of hydrogen-bond donors (Lipinski definition) is 4. The molecular weight excluding hydrogens is 196 g/mol. The highest BCUT2D eigenvalue weighted by molar-refractivity contribution is 5.87. The maximum absolute atomic E-state index is 10.7. The molecule has 2 unspecified atom stereocenters. The molecule has 0 aliphatic carbocycles. The largest absolute Gasteiger partial charge is 0.478 e. The number of hydrogen-bond acceptors (Lipinski definition) is 4. The third kappa shape index (κ3) is 2.15. The van der Waals surface area contributed by atoms with Gasteiger partial charge in [-0.1, -0.05) is 12.1 Å². The molecule has 5 heteroatoms. The topological polar surface area (TPSA) is 81.6 Å². The van der Waals surface area contributed by atoms with Gasteiger partial charge >= 0.3 is 5.97 Å². The Labute approximate surface area is 86.7 Å². The van der Waals surface area contributed by atoms with Crippen LogP contribution < -0.4 is 10.9 Å². The van der Waals surface area contributed by atoms with E-state index >= 15 is 0 Å². The van der Waals surface area contributed by atoms with Gasteiger partial charge in [-0.15, -0.1) is 0 Å². The van der Waals surface area contributed by atoms with E-state index in [0.29, 0.717) is 6.42 Å². The van der Waals surface area contributed by atoms with Gasteiger partial charge in [0, 0.05) is 6.42 Å². The first kappa shape index (κ1) is 10.1. The van der Waals surface area contributed by atoms with Gasteiger partial charge in [0.1, 0.15) is 6.23 Å². The smallest absolute Gasteiger partial charge is 0.335 e. The zero-order chi connectivity index (χ0) is 10.8. The number of aliphatic hydroxyl groups is 1. The van der Waals surface area contributed by atoms with Crippen molar-refractivity contribution in [3.8, 4) is 0 Å². The average molecular weight is 208 g/mol. The Bertz CT molecular complexity index is 381. The number of aliphatic hydroxyl groups excluding tert-OH is 1. The fraction of sp³-hybridized carbons (Fsp3) is 0.300. The molecule has 1 fully saturated rings. The highest BCUT2D eigenvalue weighted by Crippen LogP contribution is 2.21. The van der Waals surface area contributed by atoms with Crippen LogP contribution in [0.4, 0.5) is 0 Å². The lowest BCUT2D eigenvalue weighted by molar-refractivity contribution is 0.0696. The number of carboxylic acids is 1. The second-order valence-corrected chi connectivity index (χ2v) is 3.52. The van der Waals surface area contributed by atoms with Gasteiger partial charge in [-0.3, -0.25) is 0 Å². The van der Waals surface area contributed by atoms with Crippen LogP contribution in [0.3, 0.4) is 0 Å². The minimum absolute atomic E-state index is 0.0423. The summed E-state index contributed by atoms with van der Waals surface area (Å²) < 4.78 is 0. The molecule has 80 valence electrons. The Kier molecular flexibility index (Phi) is 2.68. The van der Waals surface area contributed by atoms with E-state index in [1.165, 1.54) is 0 Å². The van der Waals surface area contributed by atoms with Crippen molar-refractivity contribution < 1.29 is 15.0 Å². The number of aromatic carboxylic acids is 1. The SMILES string of the molecule is O=C(O)c1cccc(C2CC(O)NN2)c1. The van der Waals surface area contributed by atoms with E-state index in [-0.39, 0.29) is 11.6 Å². The van der Waals surface area contributed by atoms with E-state index in [0.717, 1.165) is 5.56 Å². The number of hydrazine groups is 1. The van der Waals surface area contributed by atoms with Gasteiger partial charge in [-0.05, 0) is 17.7 Å². The van der Waals surface area contributed by atoms with Gasteiger partial charge in [-0.2, -0.15) is 0 Å². The van der Waals surface area contributed by atoms with Crippen molar-refractivity contribution in [3.63, 3.8) is 0 Å². The second kappa shape index (κ2) is 3.98. The van der Waals surface area contributed by atoms with Gasteiger partial charge < -0.3 is 10.2 Å². The summed E-state index contributed by atoms with van der Waals surface area (Å²) in [4.78, 5) is 10.7. The van der Waals surface area contributed by atoms with E-state index < -0.39 is 12.2 Å². The van der Waals surface area contributed by atoms with Crippen molar-refractivity contribution in [2.45, 2.75) is 18.7 Å². The van der Waals surface area contributed by atoms with Crippen LogP contribution in [-0.2, 0) is 0 Å². The first-order valence-corrected chi connectivity index (χ1v) is 4.69. The van der Waals surface area contributed by atoms with Gasteiger partial charge in [0.25, 0.3) is 0 Å². The Hall–Kier alpha value is -1.43. The minimum Gasteiger partial charge on any atom is -0.478 e. The lowest BCUT2D eigenvalue weighted by Crippen LogP contribution is -2.30. The predicted molar refractivity (Wildman–Crippen MR) is 53.0 cm³/mol. The third-order valence-electron chi connectivity index (χ3n) is 2.42. The van der Waals surface area contributed by atoms with Crippen LogP contribution in [0.5, 0.6) is 0 Å². The van der Waals surface area contributed by atoms with Crippen molar-refractivity contribution in [3.05, 3.63) is 35.4 Å². The van der Waals surface area contributed by atoms with Crippen molar-refractivity contribution >= 4 is 5.97 Å². The van der Waals surface area contributed by atoms with E-state index in [4.69, 9.17) is 5.11 Å². The quantitative estimate of drug-likeness (QED) is 0.560. The molecule has 0 amide bonds. The summed E-state index contributed by atoms with van der Waals surface area (Å²) in [6.07, 6.45) is -0.0493. The fourth-order valence-corrected chi connectivity index (χ4v) is 1.65. The molecule has 1 saturated heterocycles. The Balaban J connectivity index is 2.21. The summed E-state index contributed by atoms with van der Waals surface area (Å²) in [5.41, 5.74) is 6.69.